The van der Waals surface area contributed by atoms with Crippen LogP contribution in [0.4, 0.5) is 10.1 Å². The van der Waals surface area contributed by atoms with E-state index in [2.05, 4.69) is 5.32 Å². The minimum absolute atomic E-state index is 0.00855. The summed E-state index contributed by atoms with van der Waals surface area (Å²) >= 11 is 0. The van der Waals surface area contributed by atoms with Crippen molar-refractivity contribution in [1.29, 1.82) is 5.26 Å². The van der Waals surface area contributed by atoms with E-state index in [1.165, 1.54) is 12.1 Å². The van der Waals surface area contributed by atoms with E-state index in [0.29, 0.717) is 30.9 Å². The van der Waals surface area contributed by atoms with Gasteiger partial charge in [-0.1, -0.05) is 0 Å². The Morgan fingerprint density at radius 1 is 1.57 bits per heavy atom. The maximum absolute atomic E-state index is 13.2. The number of anilines is 1. The highest BCUT2D eigenvalue weighted by Crippen LogP contribution is 2.26. The van der Waals surface area contributed by atoms with Gasteiger partial charge in [0.05, 0.1) is 17.2 Å². The van der Waals surface area contributed by atoms with Gasteiger partial charge in [0.25, 0.3) is 0 Å². The Morgan fingerprint density at radius 2 is 2.38 bits per heavy atom. The van der Waals surface area contributed by atoms with E-state index in [9.17, 15) is 9.18 Å². The van der Waals surface area contributed by atoms with E-state index in [1.807, 2.05) is 11.0 Å². The number of amides is 1. The van der Waals surface area contributed by atoms with Crippen LogP contribution in [0.1, 0.15) is 18.4 Å². The van der Waals surface area contributed by atoms with Gasteiger partial charge in [0.1, 0.15) is 11.9 Å². The fourth-order valence-corrected chi connectivity index (χ4v) is 2.62. The topological polar surface area (TPSA) is 82.2 Å². The Hall–Kier alpha value is -2.13. The number of piperidine rings is 1. The Labute approximate surface area is 123 Å². The Bertz CT molecular complexity index is 555. The van der Waals surface area contributed by atoms with Gasteiger partial charge in [-0.3, -0.25) is 4.79 Å². The number of carbonyl (C=O) groups excluding carboxylic acids is 1. The summed E-state index contributed by atoms with van der Waals surface area (Å²) in [5.41, 5.74) is 6.37. The molecule has 1 unspecified atom stereocenters. The SMILES string of the molecule is N#Cc1cc(F)ccc1N1CCCC(C(=O)NCCN)C1. The summed E-state index contributed by atoms with van der Waals surface area (Å²) in [6.45, 7) is 2.19. The number of nitrogens with zero attached hydrogens (tertiary/aromatic N) is 2. The predicted molar refractivity (Wildman–Crippen MR) is 78.1 cm³/mol. The van der Waals surface area contributed by atoms with E-state index < -0.39 is 5.82 Å². The van der Waals surface area contributed by atoms with Gasteiger partial charge in [0, 0.05) is 26.2 Å². The third kappa shape index (κ3) is 3.70. The molecule has 6 heteroatoms. The van der Waals surface area contributed by atoms with Crippen molar-refractivity contribution in [3.63, 3.8) is 0 Å². The average molecular weight is 290 g/mol. The molecule has 0 saturated carbocycles. The zero-order valence-electron chi connectivity index (χ0n) is 11.8. The number of hydrogen-bond acceptors (Lipinski definition) is 4. The van der Waals surface area contributed by atoms with Crippen LogP contribution in [-0.4, -0.2) is 32.1 Å². The minimum atomic E-state index is -0.426. The molecule has 0 aromatic heterocycles. The van der Waals surface area contributed by atoms with Crippen LogP contribution in [0.15, 0.2) is 18.2 Å². The minimum Gasteiger partial charge on any atom is -0.370 e. The largest absolute Gasteiger partial charge is 0.370 e. The van der Waals surface area contributed by atoms with Crippen molar-refractivity contribution < 1.29 is 9.18 Å². The molecular formula is C15H19FN4O. The zero-order chi connectivity index (χ0) is 15.2. The standard InChI is InChI=1S/C15H19FN4O/c16-13-3-4-14(12(8-13)9-18)20-7-1-2-11(10-20)15(21)19-6-5-17/h3-4,8,11H,1-2,5-7,10,17H2,(H,19,21). The molecular weight excluding hydrogens is 271 g/mol. The van der Waals surface area contributed by atoms with Crippen molar-refractivity contribution in [2.45, 2.75) is 12.8 Å². The van der Waals surface area contributed by atoms with Crippen LogP contribution in [0.25, 0.3) is 0 Å². The number of hydrogen-bond donors (Lipinski definition) is 2. The second-order valence-corrected chi connectivity index (χ2v) is 5.14. The molecule has 0 spiro atoms. The van der Waals surface area contributed by atoms with Crippen molar-refractivity contribution in [2.24, 2.45) is 11.7 Å². The zero-order valence-corrected chi connectivity index (χ0v) is 11.8. The van der Waals surface area contributed by atoms with Gasteiger partial charge in [-0.25, -0.2) is 4.39 Å². The summed E-state index contributed by atoms with van der Waals surface area (Å²) in [5.74, 6) is -0.558. The van der Waals surface area contributed by atoms with Crippen molar-refractivity contribution >= 4 is 11.6 Å². The van der Waals surface area contributed by atoms with Crippen LogP contribution in [0.2, 0.25) is 0 Å². The maximum Gasteiger partial charge on any atom is 0.224 e. The molecule has 0 aliphatic carbocycles. The summed E-state index contributed by atoms with van der Waals surface area (Å²) in [6.07, 6.45) is 1.68. The molecule has 1 aliphatic heterocycles. The van der Waals surface area contributed by atoms with Gasteiger partial charge in [0.15, 0.2) is 0 Å². The maximum atomic E-state index is 13.2. The highest BCUT2D eigenvalue weighted by molar-refractivity contribution is 5.79. The molecule has 1 saturated heterocycles. The van der Waals surface area contributed by atoms with Crippen molar-refractivity contribution in [3.8, 4) is 6.07 Å². The first-order valence-corrected chi connectivity index (χ1v) is 7.08. The number of rotatable bonds is 4. The predicted octanol–water partition coefficient (Wildman–Crippen LogP) is 0.989. The smallest absolute Gasteiger partial charge is 0.224 e. The first kappa shape index (κ1) is 15.3. The molecule has 0 bridgehead atoms. The molecule has 1 aromatic rings. The van der Waals surface area contributed by atoms with E-state index in [-0.39, 0.29) is 11.8 Å². The van der Waals surface area contributed by atoms with E-state index in [4.69, 9.17) is 11.0 Å². The lowest BCUT2D eigenvalue weighted by Gasteiger charge is -2.34. The van der Waals surface area contributed by atoms with E-state index >= 15 is 0 Å². The average Bonchev–Trinajstić information content (AvgIpc) is 2.52. The van der Waals surface area contributed by atoms with Crippen molar-refractivity contribution in [2.75, 3.05) is 31.1 Å². The molecule has 1 aliphatic rings. The third-order valence-corrected chi connectivity index (χ3v) is 3.66. The first-order chi connectivity index (χ1) is 10.2. The number of benzene rings is 1. The van der Waals surface area contributed by atoms with Crippen LogP contribution in [0.5, 0.6) is 0 Å². The van der Waals surface area contributed by atoms with Crippen LogP contribution in [0.3, 0.4) is 0 Å². The number of nitriles is 1. The molecule has 3 N–H and O–H groups in total. The lowest BCUT2D eigenvalue weighted by atomic mass is 9.96. The van der Waals surface area contributed by atoms with E-state index in [1.54, 1.807) is 6.07 Å². The molecule has 1 atom stereocenters. The molecule has 2 rings (SSSR count). The molecule has 1 heterocycles. The number of halogens is 1. The van der Waals surface area contributed by atoms with Crippen LogP contribution in [0, 0.1) is 23.1 Å². The van der Waals surface area contributed by atoms with Crippen LogP contribution >= 0.6 is 0 Å². The summed E-state index contributed by atoms with van der Waals surface area (Å²) in [5, 5.41) is 11.9. The Morgan fingerprint density at radius 3 is 3.10 bits per heavy atom. The van der Waals surface area contributed by atoms with Gasteiger partial charge in [0.2, 0.25) is 5.91 Å². The lowest BCUT2D eigenvalue weighted by molar-refractivity contribution is -0.125. The molecule has 1 aromatic carbocycles. The number of nitrogens with two attached hydrogens (primary N) is 1. The lowest BCUT2D eigenvalue weighted by Crippen LogP contribution is -2.44. The molecule has 112 valence electrons. The first-order valence-electron chi connectivity index (χ1n) is 7.08. The summed E-state index contributed by atoms with van der Waals surface area (Å²) < 4.78 is 13.2. The molecule has 21 heavy (non-hydrogen) atoms. The molecule has 1 fully saturated rings. The second kappa shape index (κ2) is 7.04. The monoisotopic (exact) mass is 290 g/mol. The number of carbonyl (C=O) groups is 1. The summed E-state index contributed by atoms with van der Waals surface area (Å²) in [4.78, 5) is 14.0. The van der Waals surface area contributed by atoms with Crippen molar-refractivity contribution in [3.05, 3.63) is 29.6 Å². The molecule has 0 radical (unpaired) electrons. The van der Waals surface area contributed by atoms with Crippen molar-refractivity contribution in [1.82, 2.24) is 5.32 Å². The molecule has 1 amide bonds. The van der Waals surface area contributed by atoms with Crippen LogP contribution < -0.4 is 16.0 Å². The van der Waals surface area contributed by atoms with Gasteiger partial charge in [-0.15, -0.1) is 0 Å². The highest BCUT2D eigenvalue weighted by Gasteiger charge is 2.26. The fraction of sp³-hybridized carbons (Fsp3) is 0.467. The Balaban J connectivity index is 2.11. The van der Waals surface area contributed by atoms with Gasteiger partial charge < -0.3 is 16.0 Å². The second-order valence-electron chi connectivity index (χ2n) is 5.14. The quantitative estimate of drug-likeness (QED) is 0.866. The highest BCUT2D eigenvalue weighted by atomic mass is 19.1. The normalized spacial score (nSPS) is 18.1. The van der Waals surface area contributed by atoms with E-state index in [0.717, 1.165) is 19.4 Å². The third-order valence-electron chi connectivity index (χ3n) is 3.66. The van der Waals surface area contributed by atoms with Crippen LogP contribution in [-0.2, 0) is 4.79 Å². The van der Waals surface area contributed by atoms with Gasteiger partial charge in [-0.05, 0) is 31.0 Å². The summed E-state index contributed by atoms with van der Waals surface area (Å²) in [7, 11) is 0. The molecule has 5 nitrogen and oxygen atoms in total. The van der Waals surface area contributed by atoms with Gasteiger partial charge >= 0.3 is 0 Å². The number of nitrogens with one attached hydrogen (secondary N) is 1. The Kier molecular flexibility index (Phi) is 5.12. The summed E-state index contributed by atoms with van der Waals surface area (Å²) in [6, 6.07) is 6.19. The fourth-order valence-electron chi connectivity index (χ4n) is 2.62. The van der Waals surface area contributed by atoms with Gasteiger partial charge in [-0.2, -0.15) is 5.26 Å².